The van der Waals surface area contributed by atoms with Gasteiger partial charge < -0.3 is 9.30 Å². The quantitative estimate of drug-likeness (QED) is 0.299. The molecule has 2 aromatic heterocycles. The van der Waals surface area contributed by atoms with Crippen LogP contribution in [-0.4, -0.2) is 34.2 Å². The van der Waals surface area contributed by atoms with Gasteiger partial charge in [-0.05, 0) is 24.1 Å². The molecule has 0 saturated carbocycles. The molecule has 26 heavy (non-hydrogen) atoms. The molecule has 0 aliphatic rings. The Morgan fingerprint density at radius 1 is 1.15 bits per heavy atom. The third-order valence-corrected chi connectivity index (χ3v) is 6.35. The van der Waals surface area contributed by atoms with Crippen LogP contribution in [0, 0.1) is 0 Å². The fourth-order valence-electron chi connectivity index (χ4n) is 2.77. The van der Waals surface area contributed by atoms with Gasteiger partial charge in [-0.3, -0.25) is 0 Å². The maximum atomic E-state index is 6.03. The average molecular weight is 395 g/mol. The number of hydrogen-bond donors (Lipinski definition) is 0. The van der Waals surface area contributed by atoms with Crippen LogP contribution in [0.2, 0.25) is 31.0 Å². The lowest BCUT2D eigenvalue weighted by molar-refractivity contribution is 0.0854. The van der Waals surface area contributed by atoms with E-state index in [-0.39, 0.29) is 5.28 Å². The molecule has 0 spiro atoms. The SMILES string of the molecule is CCCC[C@H](C)c1ncc(-c2cnc(Cl)nc2)n1COCC[Si](C)(C)C. The van der Waals surface area contributed by atoms with Gasteiger partial charge in [0.15, 0.2) is 0 Å². The summed E-state index contributed by atoms with van der Waals surface area (Å²) in [5.74, 6) is 1.45. The van der Waals surface area contributed by atoms with Crippen LogP contribution < -0.4 is 0 Å². The fourth-order valence-corrected chi connectivity index (χ4v) is 3.62. The fraction of sp³-hybridized carbons (Fsp3) is 0.632. The number of nitrogens with zero attached hydrogens (tertiary/aromatic N) is 4. The standard InChI is InChI=1S/C19H31ClN4OSi/c1-6-7-8-15(2)18-21-13-17(16-11-22-19(20)23-12-16)24(18)14-25-9-10-26(3,4)5/h11-13,15H,6-10,14H2,1-5H3/t15-/m0/s1. The molecule has 0 fully saturated rings. The monoisotopic (exact) mass is 394 g/mol. The number of unbranched alkanes of at least 4 members (excludes halogenated alkanes) is 1. The predicted octanol–water partition coefficient (Wildman–Crippen LogP) is 5.60. The summed E-state index contributed by atoms with van der Waals surface area (Å²) in [6.07, 6.45) is 8.89. The van der Waals surface area contributed by atoms with Crippen molar-refractivity contribution >= 4 is 19.7 Å². The molecule has 2 rings (SSSR count). The van der Waals surface area contributed by atoms with Crippen LogP contribution in [0.25, 0.3) is 11.3 Å². The molecule has 0 radical (unpaired) electrons. The van der Waals surface area contributed by atoms with E-state index in [0.717, 1.165) is 36.2 Å². The highest BCUT2D eigenvalue weighted by atomic mass is 35.5. The summed E-state index contributed by atoms with van der Waals surface area (Å²) in [5.41, 5.74) is 1.89. The first kappa shape index (κ1) is 21.1. The Kier molecular flexibility index (Phi) is 7.79. The average Bonchev–Trinajstić information content (AvgIpc) is 3.00. The Hall–Kier alpha value is -1.24. The van der Waals surface area contributed by atoms with Crippen molar-refractivity contribution in [3.63, 3.8) is 0 Å². The second kappa shape index (κ2) is 9.62. The lowest BCUT2D eigenvalue weighted by Gasteiger charge is -2.19. The van der Waals surface area contributed by atoms with Crippen molar-refractivity contribution < 1.29 is 4.74 Å². The molecule has 0 N–H and O–H groups in total. The summed E-state index contributed by atoms with van der Waals surface area (Å²) in [6, 6.07) is 1.15. The smallest absolute Gasteiger partial charge is 0.222 e. The van der Waals surface area contributed by atoms with E-state index in [1.807, 2.05) is 6.20 Å². The van der Waals surface area contributed by atoms with Crippen molar-refractivity contribution in [1.82, 2.24) is 19.5 Å². The van der Waals surface area contributed by atoms with Crippen LogP contribution in [0.4, 0.5) is 0 Å². The summed E-state index contributed by atoms with van der Waals surface area (Å²) in [6.45, 7) is 12.8. The normalized spacial score (nSPS) is 13.2. The number of hydrogen-bond acceptors (Lipinski definition) is 4. The third-order valence-electron chi connectivity index (χ3n) is 4.45. The van der Waals surface area contributed by atoms with E-state index >= 15 is 0 Å². The van der Waals surface area contributed by atoms with Crippen molar-refractivity contribution in [2.75, 3.05) is 6.61 Å². The minimum atomic E-state index is -1.10. The first-order valence-electron chi connectivity index (χ1n) is 9.43. The number of ether oxygens (including phenoxy) is 1. The summed E-state index contributed by atoms with van der Waals surface area (Å²) in [7, 11) is -1.10. The highest BCUT2D eigenvalue weighted by molar-refractivity contribution is 6.76. The Morgan fingerprint density at radius 2 is 1.85 bits per heavy atom. The number of aromatic nitrogens is 4. The van der Waals surface area contributed by atoms with Gasteiger partial charge in [-0.25, -0.2) is 15.0 Å². The van der Waals surface area contributed by atoms with Crippen LogP contribution in [0.1, 0.15) is 44.9 Å². The van der Waals surface area contributed by atoms with Crippen LogP contribution in [0.3, 0.4) is 0 Å². The molecule has 0 bridgehead atoms. The summed E-state index contributed by atoms with van der Waals surface area (Å²) in [5, 5.41) is 0.253. The molecule has 0 aliphatic heterocycles. The summed E-state index contributed by atoms with van der Waals surface area (Å²) < 4.78 is 8.19. The first-order valence-corrected chi connectivity index (χ1v) is 13.5. The van der Waals surface area contributed by atoms with E-state index in [1.54, 1.807) is 12.4 Å². The molecule has 144 valence electrons. The molecule has 1 atom stereocenters. The number of imidazole rings is 1. The first-order chi connectivity index (χ1) is 12.3. The lowest BCUT2D eigenvalue weighted by atomic mass is 10.0. The minimum Gasteiger partial charge on any atom is -0.361 e. The molecule has 0 saturated heterocycles. The molecular weight excluding hydrogens is 364 g/mol. The molecule has 0 amide bonds. The number of rotatable bonds is 10. The van der Waals surface area contributed by atoms with Gasteiger partial charge in [-0.1, -0.05) is 46.3 Å². The van der Waals surface area contributed by atoms with Gasteiger partial charge in [0.05, 0.1) is 11.9 Å². The Labute approximate surface area is 163 Å². The number of halogens is 1. The molecule has 5 nitrogen and oxygen atoms in total. The van der Waals surface area contributed by atoms with Gasteiger partial charge in [0.2, 0.25) is 5.28 Å². The minimum absolute atomic E-state index is 0.253. The topological polar surface area (TPSA) is 52.8 Å². The van der Waals surface area contributed by atoms with Crippen LogP contribution >= 0.6 is 11.6 Å². The van der Waals surface area contributed by atoms with Crippen LogP contribution in [0.15, 0.2) is 18.6 Å². The van der Waals surface area contributed by atoms with Gasteiger partial charge in [0, 0.05) is 38.6 Å². The Morgan fingerprint density at radius 3 is 2.46 bits per heavy atom. The lowest BCUT2D eigenvalue weighted by Crippen LogP contribution is -2.22. The predicted molar refractivity (Wildman–Crippen MR) is 110 cm³/mol. The highest BCUT2D eigenvalue weighted by Crippen LogP contribution is 2.27. The Balaban J connectivity index is 2.21. The Bertz CT molecular complexity index is 682. The van der Waals surface area contributed by atoms with Gasteiger partial charge in [-0.2, -0.15) is 0 Å². The zero-order valence-electron chi connectivity index (χ0n) is 16.6. The van der Waals surface area contributed by atoms with Crippen molar-refractivity contribution in [3.8, 4) is 11.3 Å². The highest BCUT2D eigenvalue weighted by Gasteiger charge is 2.18. The van der Waals surface area contributed by atoms with Gasteiger partial charge in [-0.15, -0.1) is 0 Å². The maximum Gasteiger partial charge on any atom is 0.222 e. The maximum absolute atomic E-state index is 6.03. The van der Waals surface area contributed by atoms with E-state index in [4.69, 9.17) is 21.3 Å². The molecule has 2 aromatic rings. The van der Waals surface area contributed by atoms with Gasteiger partial charge in [0.1, 0.15) is 12.6 Å². The van der Waals surface area contributed by atoms with Crippen LogP contribution in [-0.2, 0) is 11.5 Å². The van der Waals surface area contributed by atoms with Crippen molar-refractivity contribution in [2.45, 2.75) is 71.4 Å². The molecule has 0 unspecified atom stereocenters. The summed E-state index contributed by atoms with van der Waals surface area (Å²) in [4.78, 5) is 12.9. The van der Waals surface area contributed by atoms with Crippen LogP contribution in [0.5, 0.6) is 0 Å². The van der Waals surface area contributed by atoms with E-state index in [1.165, 1.54) is 12.8 Å². The second-order valence-corrected chi connectivity index (χ2v) is 14.0. The van der Waals surface area contributed by atoms with Gasteiger partial charge in [0.25, 0.3) is 0 Å². The zero-order valence-corrected chi connectivity index (χ0v) is 18.4. The van der Waals surface area contributed by atoms with E-state index in [0.29, 0.717) is 12.6 Å². The van der Waals surface area contributed by atoms with E-state index in [2.05, 4.69) is 48.0 Å². The largest absolute Gasteiger partial charge is 0.361 e. The molecule has 7 heteroatoms. The van der Waals surface area contributed by atoms with E-state index < -0.39 is 8.07 Å². The van der Waals surface area contributed by atoms with Crippen molar-refractivity contribution in [2.24, 2.45) is 0 Å². The molecular formula is C19H31ClN4OSi. The van der Waals surface area contributed by atoms with Gasteiger partial charge >= 0.3 is 0 Å². The summed E-state index contributed by atoms with van der Waals surface area (Å²) >= 11 is 5.83. The molecule has 0 aromatic carbocycles. The molecule has 0 aliphatic carbocycles. The zero-order chi connectivity index (χ0) is 19.2. The van der Waals surface area contributed by atoms with Crippen molar-refractivity contribution in [3.05, 3.63) is 29.7 Å². The van der Waals surface area contributed by atoms with E-state index in [9.17, 15) is 0 Å². The third kappa shape index (κ3) is 6.18. The van der Waals surface area contributed by atoms with Crippen molar-refractivity contribution in [1.29, 1.82) is 0 Å². The second-order valence-electron chi connectivity index (χ2n) is 8.06. The molecule has 2 heterocycles.